The van der Waals surface area contributed by atoms with E-state index in [1.54, 1.807) is 0 Å². The summed E-state index contributed by atoms with van der Waals surface area (Å²) in [6.07, 6.45) is 2.68. The Labute approximate surface area is 115 Å². The van der Waals surface area contributed by atoms with Gasteiger partial charge in [-0.3, -0.25) is 4.90 Å². The number of aliphatic hydroxyl groups excluding tert-OH is 1. The van der Waals surface area contributed by atoms with Crippen molar-refractivity contribution in [3.8, 4) is 17.6 Å². The van der Waals surface area contributed by atoms with Crippen molar-refractivity contribution in [3.63, 3.8) is 0 Å². The first-order chi connectivity index (χ1) is 9.33. The zero-order chi connectivity index (χ0) is 13.5. The Hall–Kier alpha value is -1.50. The summed E-state index contributed by atoms with van der Waals surface area (Å²) >= 11 is 0. The van der Waals surface area contributed by atoms with Gasteiger partial charge >= 0.3 is 0 Å². The Balaban J connectivity index is 1.76. The van der Waals surface area contributed by atoms with Gasteiger partial charge in [0, 0.05) is 18.2 Å². The average molecular weight is 259 g/mol. The van der Waals surface area contributed by atoms with Crippen LogP contribution >= 0.6 is 0 Å². The molecule has 0 atom stereocenters. The summed E-state index contributed by atoms with van der Waals surface area (Å²) in [4.78, 5) is 2.47. The molecule has 2 rings (SSSR count). The van der Waals surface area contributed by atoms with Crippen LogP contribution in [-0.2, 0) is 0 Å². The van der Waals surface area contributed by atoms with Crippen molar-refractivity contribution >= 4 is 0 Å². The second-order valence-corrected chi connectivity index (χ2v) is 4.69. The quantitative estimate of drug-likeness (QED) is 0.792. The zero-order valence-electron chi connectivity index (χ0n) is 11.4. The van der Waals surface area contributed by atoms with Gasteiger partial charge in [-0.2, -0.15) is 0 Å². The van der Waals surface area contributed by atoms with Crippen molar-refractivity contribution in [1.82, 2.24) is 4.90 Å². The van der Waals surface area contributed by atoms with Crippen LogP contribution in [0.25, 0.3) is 0 Å². The van der Waals surface area contributed by atoms with Gasteiger partial charge in [-0.15, -0.1) is 0 Å². The number of hydrogen-bond donors (Lipinski definition) is 1. The fraction of sp³-hybridized carbons (Fsp3) is 0.500. The molecule has 0 bridgehead atoms. The van der Waals surface area contributed by atoms with Crippen LogP contribution in [0.3, 0.4) is 0 Å². The molecule has 1 aromatic rings. The van der Waals surface area contributed by atoms with E-state index < -0.39 is 0 Å². The predicted octanol–water partition coefficient (Wildman–Crippen LogP) is 1.89. The summed E-state index contributed by atoms with van der Waals surface area (Å²) in [5.41, 5.74) is 0.898. The second kappa shape index (κ2) is 7.18. The van der Waals surface area contributed by atoms with Crippen molar-refractivity contribution < 1.29 is 9.84 Å². The maximum atomic E-state index is 8.62. The SMILES string of the molecule is CCN(CCOc1ccc(C#CCO)cc1)C1CC1. The summed E-state index contributed by atoms with van der Waals surface area (Å²) in [5.74, 6) is 6.37. The lowest BCUT2D eigenvalue weighted by molar-refractivity contribution is 0.209. The molecule has 3 heteroatoms. The third-order valence-corrected chi connectivity index (χ3v) is 3.28. The van der Waals surface area contributed by atoms with Crippen molar-refractivity contribution in [3.05, 3.63) is 29.8 Å². The maximum absolute atomic E-state index is 8.62. The third-order valence-electron chi connectivity index (χ3n) is 3.28. The number of benzene rings is 1. The van der Waals surface area contributed by atoms with Crippen LogP contribution in [0.15, 0.2) is 24.3 Å². The number of rotatable bonds is 6. The molecular formula is C16H21NO2. The van der Waals surface area contributed by atoms with Gasteiger partial charge in [0.15, 0.2) is 0 Å². The number of hydrogen-bond acceptors (Lipinski definition) is 3. The fourth-order valence-electron chi connectivity index (χ4n) is 2.10. The van der Waals surface area contributed by atoms with E-state index in [1.807, 2.05) is 24.3 Å². The van der Waals surface area contributed by atoms with Crippen LogP contribution in [0.2, 0.25) is 0 Å². The van der Waals surface area contributed by atoms with Gasteiger partial charge < -0.3 is 9.84 Å². The molecule has 1 fully saturated rings. The van der Waals surface area contributed by atoms with Crippen molar-refractivity contribution in [2.45, 2.75) is 25.8 Å². The molecule has 1 aliphatic carbocycles. The molecule has 1 saturated carbocycles. The molecule has 3 nitrogen and oxygen atoms in total. The molecule has 0 amide bonds. The zero-order valence-corrected chi connectivity index (χ0v) is 11.4. The minimum atomic E-state index is -0.105. The van der Waals surface area contributed by atoms with Gasteiger partial charge in [0.05, 0.1) is 0 Å². The number of likely N-dealkylation sites (N-methyl/N-ethyl adjacent to an activating group) is 1. The van der Waals surface area contributed by atoms with E-state index in [9.17, 15) is 0 Å². The molecule has 19 heavy (non-hydrogen) atoms. The summed E-state index contributed by atoms with van der Waals surface area (Å²) in [6.45, 7) is 4.92. The van der Waals surface area contributed by atoms with Crippen molar-refractivity contribution in [2.24, 2.45) is 0 Å². The summed E-state index contributed by atoms with van der Waals surface area (Å²) in [6, 6.07) is 8.47. The minimum Gasteiger partial charge on any atom is -0.492 e. The lowest BCUT2D eigenvalue weighted by atomic mass is 10.2. The van der Waals surface area contributed by atoms with Crippen molar-refractivity contribution in [2.75, 3.05) is 26.3 Å². The van der Waals surface area contributed by atoms with E-state index in [4.69, 9.17) is 9.84 Å². The highest BCUT2D eigenvalue weighted by Gasteiger charge is 2.27. The van der Waals surface area contributed by atoms with Crippen molar-refractivity contribution in [1.29, 1.82) is 0 Å². The molecule has 1 aliphatic rings. The summed E-state index contributed by atoms with van der Waals surface area (Å²) < 4.78 is 5.74. The predicted molar refractivity (Wildman–Crippen MR) is 76.2 cm³/mol. The van der Waals surface area contributed by atoms with Crippen LogP contribution in [-0.4, -0.2) is 42.4 Å². The highest BCUT2D eigenvalue weighted by molar-refractivity contribution is 5.38. The number of aliphatic hydroxyl groups is 1. The van der Waals surface area contributed by atoms with E-state index in [0.717, 1.165) is 37.1 Å². The van der Waals surface area contributed by atoms with Crippen LogP contribution in [0.4, 0.5) is 0 Å². The van der Waals surface area contributed by atoms with Gasteiger partial charge in [0.1, 0.15) is 19.0 Å². The van der Waals surface area contributed by atoms with Gasteiger partial charge in [-0.1, -0.05) is 18.8 Å². The Morgan fingerprint density at radius 2 is 2.05 bits per heavy atom. The lowest BCUT2D eigenvalue weighted by Gasteiger charge is -2.19. The Bertz CT molecular complexity index is 440. The van der Waals surface area contributed by atoms with E-state index >= 15 is 0 Å². The molecule has 0 radical (unpaired) electrons. The lowest BCUT2D eigenvalue weighted by Crippen LogP contribution is -2.30. The molecular weight excluding hydrogens is 238 g/mol. The van der Waals surface area contributed by atoms with Crippen LogP contribution in [0.5, 0.6) is 5.75 Å². The Kier molecular flexibility index (Phi) is 5.26. The smallest absolute Gasteiger partial charge is 0.119 e. The summed E-state index contributed by atoms with van der Waals surface area (Å²) in [7, 11) is 0. The van der Waals surface area contributed by atoms with Crippen LogP contribution < -0.4 is 4.74 Å². The molecule has 0 spiro atoms. The average Bonchev–Trinajstić information content (AvgIpc) is 3.27. The molecule has 0 aromatic heterocycles. The largest absolute Gasteiger partial charge is 0.492 e. The topological polar surface area (TPSA) is 32.7 Å². The highest BCUT2D eigenvalue weighted by atomic mass is 16.5. The first-order valence-electron chi connectivity index (χ1n) is 6.90. The fourth-order valence-corrected chi connectivity index (χ4v) is 2.10. The van der Waals surface area contributed by atoms with Gasteiger partial charge in [-0.05, 0) is 43.7 Å². The maximum Gasteiger partial charge on any atom is 0.119 e. The number of nitrogens with zero attached hydrogens (tertiary/aromatic N) is 1. The molecule has 0 saturated heterocycles. The molecule has 0 heterocycles. The monoisotopic (exact) mass is 259 g/mol. The normalized spacial score (nSPS) is 14.1. The molecule has 0 aliphatic heterocycles. The van der Waals surface area contributed by atoms with E-state index in [2.05, 4.69) is 23.7 Å². The molecule has 1 aromatic carbocycles. The Morgan fingerprint density at radius 3 is 2.63 bits per heavy atom. The highest BCUT2D eigenvalue weighted by Crippen LogP contribution is 2.26. The Morgan fingerprint density at radius 1 is 1.32 bits per heavy atom. The molecule has 1 N–H and O–H groups in total. The molecule has 102 valence electrons. The molecule has 0 unspecified atom stereocenters. The summed E-state index contributed by atoms with van der Waals surface area (Å²) in [5, 5.41) is 8.62. The van der Waals surface area contributed by atoms with Gasteiger partial charge in [0.2, 0.25) is 0 Å². The minimum absolute atomic E-state index is 0.105. The third kappa shape index (κ3) is 4.59. The first kappa shape index (κ1) is 13.9. The van der Waals surface area contributed by atoms with E-state index in [0.29, 0.717) is 0 Å². The second-order valence-electron chi connectivity index (χ2n) is 4.69. The van der Waals surface area contributed by atoms with Gasteiger partial charge in [-0.25, -0.2) is 0 Å². The first-order valence-corrected chi connectivity index (χ1v) is 6.90. The van der Waals surface area contributed by atoms with Gasteiger partial charge in [0.25, 0.3) is 0 Å². The standard InChI is InChI=1S/C16H21NO2/c1-2-17(15-7-8-15)11-13-19-16-9-5-14(6-10-16)4-3-12-18/h5-6,9-10,15,18H,2,7-8,11-13H2,1H3. The van der Waals surface area contributed by atoms with E-state index in [1.165, 1.54) is 12.8 Å². The van der Waals surface area contributed by atoms with E-state index in [-0.39, 0.29) is 6.61 Å². The number of ether oxygens (including phenoxy) is 1. The van der Waals surface area contributed by atoms with Crippen LogP contribution in [0.1, 0.15) is 25.3 Å². The van der Waals surface area contributed by atoms with Crippen LogP contribution in [0, 0.1) is 11.8 Å².